The first-order chi connectivity index (χ1) is 12.6. The van der Waals surface area contributed by atoms with E-state index in [4.69, 9.17) is 14.5 Å². The van der Waals surface area contributed by atoms with Gasteiger partial charge in [0.25, 0.3) is 0 Å². The lowest BCUT2D eigenvalue weighted by molar-refractivity contribution is 0.398. The zero-order chi connectivity index (χ0) is 18.3. The smallest absolute Gasteiger partial charge is 0.132 e. The van der Waals surface area contributed by atoms with Gasteiger partial charge in [0.2, 0.25) is 0 Å². The Bertz CT molecular complexity index is 1120. The Morgan fingerprint density at radius 1 is 0.846 bits per heavy atom. The normalized spacial score (nSPS) is 11.1. The fourth-order valence-electron chi connectivity index (χ4n) is 3.28. The van der Waals surface area contributed by atoms with E-state index in [1.165, 1.54) is 12.1 Å². The molecule has 26 heavy (non-hydrogen) atoms. The van der Waals surface area contributed by atoms with E-state index < -0.39 is 0 Å². The van der Waals surface area contributed by atoms with Crippen LogP contribution in [0.4, 0.5) is 4.39 Å². The first kappa shape index (κ1) is 16.3. The van der Waals surface area contributed by atoms with E-state index in [0.29, 0.717) is 11.5 Å². The molecule has 0 atom stereocenters. The third-order valence-electron chi connectivity index (χ3n) is 4.56. The second-order valence-electron chi connectivity index (χ2n) is 6.24. The molecule has 0 unspecified atom stereocenters. The monoisotopic (exact) mass is 347 g/mol. The largest absolute Gasteiger partial charge is 0.497 e. The molecular weight excluding hydrogens is 329 g/mol. The summed E-state index contributed by atoms with van der Waals surface area (Å²) in [5, 5.41) is 2.91. The summed E-state index contributed by atoms with van der Waals surface area (Å²) in [5.74, 6) is 1.12. The SMILES string of the molecule is COc1cc(OC)c2c(-c3ccc(F)cc3)nc3ccc(C)cc3c2c1. The Morgan fingerprint density at radius 2 is 1.62 bits per heavy atom. The molecular formula is C22H18FNO2. The Balaban J connectivity index is 2.19. The summed E-state index contributed by atoms with van der Waals surface area (Å²) in [6.45, 7) is 2.05. The summed E-state index contributed by atoms with van der Waals surface area (Å²) in [4.78, 5) is 4.87. The van der Waals surface area contributed by atoms with E-state index in [2.05, 4.69) is 13.0 Å². The lowest BCUT2D eigenvalue weighted by Gasteiger charge is -2.15. The maximum atomic E-state index is 13.4. The van der Waals surface area contributed by atoms with Crippen molar-refractivity contribution < 1.29 is 13.9 Å². The molecule has 0 saturated heterocycles. The van der Waals surface area contributed by atoms with Crippen LogP contribution >= 0.6 is 0 Å². The van der Waals surface area contributed by atoms with Crippen LogP contribution in [-0.4, -0.2) is 19.2 Å². The molecule has 1 aromatic heterocycles. The highest BCUT2D eigenvalue weighted by Crippen LogP contribution is 2.40. The predicted molar refractivity (Wildman–Crippen MR) is 102 cm³/mol. The van der Waals surface area contributed by atoms with Gasteiger partial charge in [0, 0.05) is 22.4 Å². The van der Waals surface area contributed by atoms with Crippen LogP contribution in [0.15, 0.2) is 54.6 Å². The van der Waals surface area contributed by atoms with Crippen LogP contribution in [-0.2, 0) is 0 Å². The number of fused-ring (bicyclic) bond motifs is 3. The number of halogens is 1. The van der Waals surface area contributed by atoms with Crippen molar-refractivity contribution in [2.45, 2.75) is 6.92 Å². The second kappa shape index (κ2) is 6.30. The molecule has 0 N–H and O–H groups in total. The fourth-order valence-corrected chi connectivity index (χ4v) is 3.28. The zero-order valence-electron chi connectivity index (χ0n) is 14.8. The summed E-state index contributed by atoms with van der Waals surface area (Å²) in [6, 6.07) is 16.3. The summed E-state index contributed by atoms with van der Waals surface area (Å²) in [6.07, 6.45) is 0. The summed E-state index contributed by atoms with van der Waals surface area (Å²) < 4.78 is 24.5. The number of nitrogens with zero attached hydrogens (tertiary/aromatic N) is 1. The van der Waals surface area contributed by atoms with E-state index in [0.717, 1.165) is 38.5 Å². The van der Waals surface area contributed by atoms with Crippen LogP contribution in [0.2, 0.25) is 0 Å². The molecule has 0 aliphatic carbocycles. The fraction of sp³-hybridized carbons (Fsp3) is 0.136. The number of hydrogen-bond acceptors (Lipinski definition) is 3. The molecule has 4 rings (SSSR count). The van der Waals surface area contributed by atoms with Crippen molar-refractivity contribution in [2.75, 3.05) is 14.2 Å². The predicted octanol–water partition coefficient (Wildman–Crippen LogP) is 5.52. The Kier molecular flexibility index (Phi) is 3.96. The van der Waals surface area contributed by atoms with Gasteiger partial charge >= 0.3 is 0 Å². The van der Waals surface area contributed by atoms with Gasteiger partial charge in [-0.2, -0.15) is 0 Å². The number of pyridine rings is 1. The third-order valence-corrected chi connectivity index (χ3v) is 4.56. The van der Waals surface area contributed by atoms with E-state index in [-0.39, 0.29) is 5.82 Å². The lowest BCUT2D eigenvalue weighted by atomic mass is 9.98. The number of benzene rings is 3. The van der Waals surface area contributed by atoms with Crippen molar-refractivity contribution in [3.05, 3.63) is 66.0 Å². The molecule has 0 bridgehead atoms. The van der Waals surface area contributed by atoms with Crippen LogP contribution in [0, 0.1) is 12.7 Å². The van der Waals surface area contributed by atoms with Crippen molar-refractivity contribution in [2.24, 2.45) is 0 Å². The number of hydrogen-bond donors (Lipinski definition) is 0. The Labute approximate surface area is 151 Å². The highest BCUT2D eigenvalue weighted by molar-refractivity contribution is 6.13. The number of ether oxygens (including phenoxy) is 2. The van der Waals surface area contributed by atoms with Crippen LogP contribution in [0.1, 0.15) is 5.56 Å². The number of aromatic nitrogens is 1. The highest BCUT2D eigenvalue weighted by atomic mass is 19.1. The summed E-state index contributed by atoms with van der Waals surface area (Å²) in [5.41, 5.74) is 3.62. The molecule has 4 aromatic rings. The van der Waals surface area contributed by atoms with Gasteiger partial charge in [-0.05, 0) is 49.4 Å². The first-order valence-corrected chi connectivity index (χ1v) is 8.33. The minimum Gasteiger partial charge on any atom is -0.497 e. The molecule has 0 fully saturated rings. The van der Waals surface area contributed by atoms with Crippen molar-refractivity contribution in [1.82, 2.24) is 4.98 Å². The van der Waals surface area contributed by atoms with Gasteiger partial charge in [-0.3, -0.25) is 0 Å². The minimum atomic E-state index is -0.275. The van der Waals surface area contributed by atoms with Gasteiger partial charge in [-0.25, -0.2) is 9.37 Å². The van der Waals surface area contributed by atoms with E-state index in [9.17, 15) is 4.39 Å². The van der Waals surface area contributed by atoms with Gasteiger partial charge < -0.3 is 9.47 Å². The van der Waals surface area contributed by atoms with E-state index in [1.54, 1.807) is 26.4 Å². The van der Waals surface area contributed by atoms with Gasteiger partial charge in [-0.15, -0.1) is 0 Å². The molecule has 0 saturated carbocycles. The molecule has 3 nitrogen and oxygen atoms in total. The molecule has 0 radical (unpaired) electrons. The Morgan fingerprint density at radius 3 is 2.31 bits per heavy atom. The van der Waals surface area contributed by atoms with Gasteiger partial charge in [0.15, 0.2) is 0 Å². The molecule has 0 spiro atoms. The molecule has 0 aliphatic rings. The van der Waals surface area contributed by atoms with Crippen molar-refractivity contribution in [3.63, 3.8) is 0 Å². The molecule has 0 aliphatic heterocycles. The van der Waals surface area contributed by atoms with Crippen LogP contribution in [0.5, 0.6) is 11.5 Å². The second-order valence-corrected chi connectivity index (χ2v) is 6.24. The third kappa shape index (κ3) is 2.64. The topological polar surface area (TPSA) is 31.4 Å². The first-order valence-electron chi connectivity index (χ1n) is 8.33. The summed E-state index contributed by atoms with van der Waals surface area (Å²) in [7, 11) is 3.26. The molecule has 0 amide bonds. The van der Waals surface area contributed by atoms with Gasteiger partial charge in [-0.1, -0.05) is 11.6 Å². The maximum Gasteiger partial charge on any atom is 0.132 e. The molecule has 3 aromatic carbocycles. The molecule has 130 valence electrons. The van der Waals surface area contributed by atoms with Crippen molar-refractivity contribution in [3.8, 4) is 22.8 Å². The van der Waals surface area contributed by atoms with Gasteiger partial charge in [0.1, 0.15) is 17.3 Å². The average Bonchev–Trinajstić information content (AvgIpc) is 2.67. The van der Waals surface area contributed by atoms with Crippen molar-refractivity contribution >= 4 is 21.7 Å². The van der Waals surface area contributed by atoms with Gasteiger partial charge in [0.05, 0.1) is 30.8 Å². The Hall–Kier alpha value is -3.14. The van der Waals surface area contributed by atoms with Crippen molar-refractivity contribution in [1.29, 1.82) is 0 Å². The van der Waals surface area contributed by atoms with Crippen LogP contribution in [0.3, 0.4) is 0 Å². The maximum absolute atomic E-state index is 13.4. The van der Waals surface area contributed by atoms with Crippen LogP contribution in [0.25, 0.3) is 32.9 Å². The van der Waals surface area contributed by atoms with E-state index in [1.807, 2.05) is 24.3 Å². The van der Waals surface area contributed by atoms with E-state index >= 15 is 0 Å². The highest BCUT2D eigenvalue weighted by Gasteiger charge is 2.16. The standard InChI is InChI=1S/C22H18FNO2/c1-13-4-9-19-17(10-13)18-11-16(25-2)12-20(26-3)21(18)22(24-19)14-5-7-15(23)8-6-14/h4-12H,1-3H3. The quantitative estimate of drug-likeness (QED) is 0.457. The van der Waals surface area contributed by atoms with Crippen LogP contribution < -0.4 is 9.47 Å². The lowest BCUT2D eigenvalue weighted by Crippen LogP contribution is -1.95. The molecule has 4 heteroatoms. The average molecular weight is 347 g/mol. The molecule has 1 heterocycles. The zero-order valence-corrected chi connectivity index (χ0v) is 14.8. The number of aryl methyl sites for hydroxylation is 1. The number of rotatable bonds is 3. The number of methoxy groups -OCH3 is 2. The summed E-state index contributed by atoms with van der Waals surface area (Å²) >= 11 is 0. The minimum absolute atomic E-state index is 0.275.